The van der Waals surface area contributed by atoms with Crippen molar-refractivity contribution >= 4 is 65.6 Å². The lowest BCUT2D eigenvalue weighted by atomic mass is 10.0. The predicted molar refractivity (Wildman–Crippen MR) is 130 cm³/mol. The molecule has 0 atom stereocenters. The third kappa shape index (κ3) is 2.26. The van der Waals surface area contributed by atoms with Gasteiger partial charge in [0.25, 0.3) is 5.01 Å². The lowest BCUT2D eigenvalue weighted by Crippen LogP contribution is -2.28. The number of pyridine rings is 1. The monoisotopic (exact) mass is 438 g/mol. The van der Waals surface area contributed by atoms with Gasteiger partial charge in [-0.25, -0.2) is 4.98 Å². The Morgan fingerprint density at radius 1 is 0.906 bits per heavy atom. The van der Waals surface area contributed by atoms with Crippen molar-refractivity contribution in [1.82, 2.24) is 4.98 Å². The highest BCUT2D eigenvalue weighted by Crippen LogP contribution is 2.42. The summed E-state index contributed by atoms with van der Waals surface area (Å²) in [6, 6.07) is 19.7. The number of para-hydroxylation sites is 1. The number of benzene rings is 3. The van der Waals surface area contributed by atoms with Gasteiger partial charge in [0.05, 0.1) is 5.39 Å². The number of aromatic nitrogens is 2. The van der Waals surface area contributed by atoms with E-state index in [9.17, 15) is 0 Å². The number of aryl methyl sites for hydroxylation is 3. The standard InChI is InChI=1S/C27H19N2O2S/c1-14-8-10-16-17-11-9-15(2)28-26(17)31-24(16)22(14)27-29(3)19-12-13-21-23(25(19)32-27)18-6-4-5-7-20(18)30-21/h4-13H,1-3H3/q+1/i2D3. The molecule has 0 fully saturated rings. The van der Waals surface area contributed by atoms with E-state index in [0.29, 0.717) is 11.3 Å². The fraction of sp³-hybridized carbons (Fsp3) is 0.111. The van der Waals surface area contributed by atoms with Crippen molar-refractivity contribution in [3.63, 3.8) is 0 Å². The number of furan rings is 2. The summed E-state index contributed by atoms with van der Waals surface area (Å²) in [7, 11) is 2.06. The molecule has 0 aliphatic rings. The molecule has 4 nitrogen and oxygen atoms in total. The molecule has 0 radical (unpaired) electrons. The molecule has 0 unspecified atom stereocenters. The van der Waals surface area contributed by atoms with Gasteiger partial charge in [0.15, 0.2) is 5.58 Å². The topological polar surface area (TPSA) is 43.0 Å². The highest BCUT2D eigenvalue weighted by atomic mass is 32.1. The molecule has 4 aromatic heterocycles. The first kappa shape index (κ1) is 15.2. The second-order valence-electron chi connectivity index (χ2n) is 8.14. The molecule has 7 aromatic rings. The van der Waals surface area contributed by atoms with E-state index >= 15 is 0 Å². The van der Waals surface area contributed by atoms with E-state index in [1.54, 1.807) is 23.5 Å². The number of hydrogen-bond donors (Lipinski definition) is 0. The highest BCUT2D eigenvalue weighted by molar-refractivity contribution is 7.22. The van der Waals surface area contributed by atoms with E-state index in [4.69, 9.17) is 12.9 Å². The maximum Gasteiger partial charge on any atom is 0.274 e. The SMILES string of the molecule is [2H]C([2H])([2H])c1ccc2c(n1)oc1c(-c3sc4c5c(ccc4[n+]3C)oc3ccccc35)c(C)ccc12. The van der Waals surface area contributed by atoms with Gasteiger partial charge in [0.2, 0.25) is 11.2 Å². The van der Waals surface area contributed by atoms with Crippen LogP contribution in [-0.2, 0) is 7.05 Å². The van der Waals surface area contributed by atoms with Crippen molar-refractivity contribution in [2.75, 3.05) is 0 Å². The summed E-state index contributed by atoms with van der Waals surface area (Å²) in [5.74, 6) is 0. The van der Waals surface area contributed by atoms with Crippen LogP contribution >= 0.6 is 11.3 Å². The van der Waals surface area contributed by atoms with Crippen LogP contribution < -0.4 is 4.57 Å². The molecule has 0 aliphatic heterocycles. The Bertz CT molecular complexity index is 1980. The van der Waals surface area contributed by atoms with Crippen LogP contribution in [0.5, 0.6) is 0 Å². The number of hydrogen-bond acceptors (Lipinski definition) is 4. The van der Waals surface area contributed by atoms with Crippen LogP contribution in [0.15, 0.2) is 69.5 Å². The summed E-state index contributed by atoms with van der Waals surface area (Å²) >= 11 is 1.70. The van der Waals surface area contributed by atoms with Crippen molar-refractivity contribution in [3.05, 3.63) is 71.9 Å². The number of rotatable bonds is 1. The molecule has 0 spiro atoms. The fourth-order valence-electron chi connectivity index (χ4n) is 4.72. The average Bonchev–Trinajstić information content (AvgIpc) is 3.49. The minimum absolute atomic E-state index is 0.0315. The average molecular weight is 439 g/mol. The third-order valence-electron chi connectivity index (χ3n) is 6.27. The summed E-state index contributed by atoms with van der Waals surface area (Å²) < 4.78 is 38.9. The molecule has 3 aromatic carbocycles. The van der Waals surface area contributed by atoms with Gasteiger partial charge in [0.1, 0.15) is 28.5 Å². The second kappa shape index (κ2) is 6.17. The zero-order chi connectivity index (χ0) is 24.1. The minimum Gasteiger partial charge on any atom is -0.456 e. The maximum absolute atomic E-state index is 7.71. The first-order chi connectivity index (χ1) is 16.8. The summed E-state index contributed by atoms with van der Waals surface area (Å²) in [6.07, 6.45) is 0. The van der Waals surface area contributed by atoms with Crippen molar-refractivity contribution in [1.29, 1.82) is 0 Å². The molecular formula is C27H19N2O2S+. The first-order valence-corrected chi connectivity index (χ1v) is 11.2. The molecule has 5 heteroatoms. The largest absolute Gasteiger partial charge is 0.456 e. The molecule has 0 N–H and O–H groups in total. The van der Waals surface area contributed by atoms with Crippen molar-refractivity contribution in [2.24, 2.45) is 7.05 Å². The van der Waals surface area contributed by atoms with Gasteiger partial charge in [0, 0.05) is 32.0 Å². The lowest BCUT2D eigenvalue weighted by molar-refractivity contribution is -0.629. The molecule has 4 heterocycles. The first-order valence-electron chi connectivity index (χ1n) is 11.9. The smallest absolute Gasteiger partial charge is 0.274 e. The van der Waals surface area contributed by atoms with E-state index in [1.165, 1.54) is 0 Å². The summed E-state index contributed by atoms with van der Waals surface area (Å²) in [5.41, 5.74) is 6.00. The van der Waals surface area contributed by atoms with Crippen molar-refractivity contribution < 1.29 is 17.5 Å². The van der Waals surface area contributed by atoms with Crippen LogP contribution in [0.1, 0.15) is 15.4 Å². The van der Waals surface area contributed by atoms with E-state index in [2.05, 4.69) is 41.7 Å². The fourth-order valence-corrected chi connectivity index (χ4v) is 6.13. The molecule has 154 valence electrons. The van der Waals surface area contributed by atoms with Crippen LogP contribution in [0.4, 0.5) is 0 Å². The molecule has 0 saturated carbocycles. The molecule has 0 saturated heterocycles. The molecule has 0 bridgehead atoms. The van der Waals surface area contributed by atoms with Crippen LogP contribution in [0, 0.1) is 13.8 Å². The van der Waals surface area contributed by atoms with Gasteiger partial charge in [-0.15, -0.1) is 0 Å². The van der Waals surface area contributed by atoms with Crippen LogP contribution in [0.25, 0.3) is 64.8 Å². The van der Waals surface area contributed by atoms with Gasteiger partial charge in [-0.3, -0.25) is 0 Å². The Morgan fingerprint density at radius 3 is 2.69 bits per heavy atom. The normalized spacial score (nSPS) is 14.0. The van der Waals surface area contributed by atoms with Crippen LogP contribution in [0.3, 0.4) is 0 Å². The van der Waals surface area contributed by atoms with E-state index in [1.807, 2.05) is 30.3 Å². The summed E-state index contributed by atoms with van der Waals surface area (Å²) in [4.78, 5) is 4.34. The lowest BCUT2D eigenvalue weighted by Gasteiger charge is -2.01. The van der Waals surface area contributed by atoms with E-state index < -0.39 is 6.85 Å². The maximum atomic E-state index is 7.71. The highest BCUT2D eigenvalue weighted by Gasteiger charge is 2.27. The molecule has 0 aliphatic carbocycles. The second-order valence-corrected chi connectivity index (χ2v) is 9.14. The summed E-state index contributed by atoms with van der Waals surface area (Å²) in [6.45, 7) is -0.223. The third-order valence-corrected chi connectivity index (χ3v) is 7.56. The molecular weight excluding hydrogens is 416 g/mol. The number of nitrogens with zero attached hydrogens (tertiary/aromatic N) is 2. The van der Waals surface area contributed by atoms with Crippen LogP contribution in [0.2, 0.25) is 0 Å². The minimum atomic E-state index is -2.29. The quantitative estimate of drug-likeness (QED) is 0.255. The molecule has 0 amide bonds. The molecule has 7 rings (SSSR count). The number of fused-ring (bicyclic) bond motifs is 8. The Balaban J connectivity index is 1.56. The Labute approximate surface area is 191 Å². The van der Waals surface area contributed by atoms with Gasteiger partial charge >= 0.3 is 0 Å². The zero-order valence-corrected chi connectivity index (χ0v) is 18.2. The van der Waals surface area contributed by atoms with Gasteiger partial charge in [-0.05, 0) is 43.6 Å². The van der Waals surface area contributed by atoms with Gasteiger partial charge < -0.3 is 8.83 Å². The Kier molecular flexibility index (Phi) is 2.93. The van der Waals surface area contributed by atoms with Gasteiger partial charge in [-0.2, -0.15) is 4.57 Å². The van der Waals surface area contributed by atoms with E-state index in [0.717, 1.165) is 59.1 Å². The molecule has 32 heavy (non-hydrogen) atoms. The zero-order valence-electron chi connectivity index (χ0n) is 20.4. The summed E-state index contributed by atoms with van der Waals surface area (Å²) in [5, 5.41) is 4.99. The van der Waals surface area contributed by atoms with Crippen molar-refractivity contribution in [2.45, 2.75) is 13.8 Å². The van der Waals surface area contributed by atoms with E-state index in [-0.39, 0.29) is 5.69 Å². The van der Waals surface area contributed by atoms with Crippen LogP contribution in [-0.4, -0.2) is 4.98 Å². The Morgan fingerprint density at radius 2 is 1.78 bits per heavy atom. The predicted octanol–water partition coefficient (Wildman–Crippen LogP) is 7.20. The number of thiazole rings is 1. The Hall–Kier alpha value is -3.70. The van der Waals surface area contributed by atoms with Gasteiger partial charge in [-0.1, -0.05) is 41.7 Å². The van der Waals surface area contributed by atoms with Crippen molar-refractivity contribution in [3.8, 4) is 10.6 Å².